The molecule has 0 saturated heterocycles. The number of amides is 1. The monoisotopic (exact) mass is 498 g/mol. The Morgan fingerprint density at radius 2 is 1.54 bits per heavy atom. The maximum Gasteiger partial charge on any atom is 0.224 e. The van der Waals surface area contributed by atoms with E-state index in [1.807, 2.05) is 49.3 Å². The molecule has 2 aromatic rings. The van der Waals surface area contributed by atoms with E-state index in [1.165, 1.54) is 12.1 Å². The zero-order valence-electron chi connectivity index (χ0n) is 16.6. The molecule has 0 saturated carbocycles. The Morgan fingerprint density at radius 1 is 0.964 bits per heavy atom. The van der Waals surface area contributed by atoms with Crippen LogP contribution in [0.25, 0.3) is 0 Å². The van der Waals surface area contributed by atoms with Crippen molar-refractivity contribution in [1.82, 2.24) is 15.1 Å². The third-order valence-electron chi connectivity index (χ3n) is 4.22. The number of carbonyl (C=O) groups excluding carboxylic acids is 1. The molecule has 2 aromatic carbocycles. The van der Waals surface area contributed by atoms with Gasteiger partial charge in [-0.25, -0.2) is 4.39 Å². The van der Waals surface area contributed by atoms with Crippen LogP contribution >= 0.6 is 24.0 Å². The molecule has 0 aliphatic rings. The van der Waals surface area contributed by atoms with Crippen LogP contribution in [0, 0.1) is 5.82 Å². The van der Waals surface area contributed by atoms with Crippen LogP contribution in [0.2, 0.25) is 0 Å². The van der Waals surface area contributed by atoms with E-state index in [2.05, 4.69) is 10.3 Å². The van der Waals surface area contributed by atoms with Crippen molar-refractivity contribution in [3.8, 4) is 0 Å². The Hall–Kier alpha value is -2.16. The molecule has 0 atom stereocenters. The van der Waals surface area contributed by atoms with Gasteiger partial charge in [0.2, 0.25) is 5.91 Å². The van der Waals surface area contributed by atoms with Gasteiger partial charge < -0.3 is 15.1 Å². The van der Waals surface area contributed by atoms with E-state index < -0.39 is 0 Å². The summed E-state index contributed by atoms with van der Waals surface area (Å²) in [4.78, 5) is 20.2. The van der Waals surface area contributed by atoms with Crippen molar-refractivity contribution in [2.75, 3.05) is 27.7 Å². The zero-order chi connectivity index (χ0) is 19.6. The summed E-state index contributed by atoms with van der Waals surface area (Å²) in [6, 6.07) is 16.3. The van der Waals surface area contributed by atoms with Gasteiger partial charge in [0.05, 0.1) is 0 Å². The molecule has 28 heavy (non-hydrogen) atoms. The van der Waals surface area contributed by atoms with E-state index in [4.69, 9.17) is 0 Å². The summed E-state index contributed by atoms with van der Waals surface area (Å²) in [5.41, 5.74) is 2.09. The molecule has 0 bridgehead atoms. The predicted molar refractivity (Wildman–Crippen MR) is 122 cm³/mol. The van der Waals surface area contributed by atoms with Gasteiger partial charge in [0, 0.05) is 47.2 Å². The van der Waals surface area contributed by atoms with Gasteiger partial charge in [-0.05, 0) is 23.3 Å². The summed E-state index contributed by atoms with van der Waals surface area (Å²) < 4.78 is 13.0. The number of rotatable bonds is 7. The first-order chi connectivity index (χ1) is 13.0. The lowest BCUT2D eigenvalue weighted by Gasteiger charge is -2.23. The molecule has 0 aromatic heterocycles. The van der Waals surface area contributed by atoms with E-state index in [9.17, 15) is 9.18 Å². The minimum atomic E-state index is -0.248. The van der Waals surface area contributed by atoms with Crippen LogP contribution in [0.15, 0.2) is 59.6 Å². The van der Waals surface area contributed by atoms with Gasteiger partial charge in [-0.15, -0.1) is 24.0 Å². The topological polar surface area (TPSA) is 47.9 Å². The van der Waals surface area contributed by atoms with Crippen LogP contribution in [0.1, 0.15) is 17.5 Å². The molecule has 0 aliphatic carbocycles. The Morgan fingerprint density at radius 3 is 2.14 bits per heavy atom. The van der Waals surface area contributed by atoms with Crippen LogP contribution in [-0.4, -0.2) is 49.4 Å². The van der Waals surface area contributed by atoms with Crippen LogP contribution in [-0.2, 0) is 17.9 Å². The SMILES string of the molecule is CN=C(NCCC(=O)N(C)Cc1ccccc1)N(C)Cc1ccc(F)cc1.I. The molecule has 2 rings (SSSR count). The second-order valence-corrected chi connectivity index (χ2v) is 6.44. The number of guanidine groups is 1. The number of halogens is 2. The summed E-state index contributed by atoms with van der Waals surface area (Å²) in [7, 11) is 5.42. The number of hydrogen-bond acceptors (Lipinski definition) is 2. The number of nitrogens with one attached hydrogen (secondary N) is 1. The van der Waals surface area contributed by atoms with Gasteiger partial charge in [-0.2, -0.15) is 0 Å². The number of carbonyl (C=O) groups is 1. The van der Waals surface area contributed by atoms with Gasteiger partial charge in [0.25, 0.3) is 0 Å². The zero-order valence-corrected chi connectivity index (χ0v) is 18.9. The standard InChI is InChI=1S/C21H27FN4O.HI/c1-23-21(26(3)16-18-9-11-19(22)12-10-18)24-14-13-20(27)25(2)15-17-7-5-4-6-8-17;/h4-12H,13-16H2,1-3H3,(H,23,24);1H. The Kier molecular flexibility index (Phi) is 10.5. The number of hydrogen-bond donors (Lipinski definition) is 1. The smallest absolute Gasteiger partial charge is 0.224 e. The van der Waals surface area contributed by atoms with Gasteiger partial charge >= 0.3 is 0 Å². The summed E-state index contributed by atoms with van der Waals surface area (Å²) >= 11 is 0. The molecule has 0 spiro atoms. The Bertz CT molecular complexity index is 753. The predicted octanol–water partition coefficient (Wildman–Crippen LogP) is 3.50. The van der Waals surface area contributed by atoms with Gasteiger partial charge in [-0.3, -0.25) is 9.79 Å². The quantitative estimate of drug-likeness (QED) is 0.361. The first-order valence-electron chi connectivity index (χ1n) is 8.93. The third-order valence-corrected chi connectivity index (χ3v) is 4.22. The Labute approximate surface area is 183 Å². The molecule has 7 heteroatoms. The van der Waals surface area contributed by atoms with Crippen LogP contribution in [0.4, 0.5) is 4.39 Å². The van der Waals surface area contributed by atoms with Crippen molar-refractivity contribution >= 4 is 35.8 Å². The molecule has 0 fully saturated rings. The fourth-order valence-corrected chi connectivity index (χ4v) is 2.74. The van der Waals surface area contributed by atoms with E-state index in [0.29, 0.717) is 32.0 Å². The molecule has 0 radical (unpaired) electrons. The van der Waals surface area contributed by atoms with Gasteiger partial charge in [0.15, 0.2) is 5.96 Å². The van der Waals surface area contributed by atoms with Crippen molar-refractivity contribution in [3.63, 3.8) is 0 Å². The van der Waals surface area contributed by atoms with E-state index in [1.54, 1.807) is 24.1 Å². The molecule has 152 valence electrons. The van der Waals surface area contributed by atoms with Gasteiger partial charge in [-0.1, -0.05) is 42.5 Å². The summed E-state index contributed by atoms with van der Waals surface area (Å²) in [6.07, 6.45) is 0.382. The van der Waals surface area contributed by atoms with Crippen LogP contribution < -0.4 is 5.32 Å². The first kappa shape index (κ1) is 23.9. The first-order valence-corrected chi connectivity index (χ1v) is 8.93. The largest absolute Gasteiger partial charge is 0.356 e. The number of nitrogens with zero attached hydrogens (tertiary/aromatic N) is 3. The summed E-state index contributed by atoms with van der Waals surface area (Å²) in [5.74, 6) is 0.517. The van der Waals surface area contributed by atoms with Crippen molar-refractivity contribution in [2.24, 2.45) is 4.99 Å². The van der Waals surface area contributed by atoms with Crippen molar-refractivity contribution in [2.45, 2.75) is 19.5 Å². The molecule has 1 amide bonds. The minimum Gasteiger partial charge on any atom is -0.356 e. The lowest BCUT2D eigenvalue weighted by molar-refractivity contribution is -0.130. The fourth-order valence-electron chi connectivity index (χ4n) is 2.74. The molecular weight excluding hydrogens is 470 g/mol. The highest BCUT2D eigenvalue weighted by Gasteiger charge is 2.11. The maximum atomic E-state index is 13.0. The lowest BCUT2D eigenvalue weighted by atomic mass is 10.2. The van der Waals surface area contributed by atoms with Crippen molar-refractivity contribution in [1.29, 1.82) is 0 Å². The lowest BCUT2D eigenvalue weighted by Crippen LogP contribution is -2.40. The summed E-state index contributed by atoms with van der Waals surface area (Å²) in [6.45, 7) is 1.69. The molecule has 1 N–H and O–H groups in total. The molecular formula is C21H28FIN4O. The highest BCUT2D eigenvalue weighted by molar-refractivity contribution is 14.0. The second kappa shape index (κ2) is 12.3. The van der Waals surface area contributed by atoms with Crippen LogP contribution in [0.5, 0.6) is 0 Å². The second-order valence-electron chi connectivity index (χ2n) is 6.44. The average molecular weight is 498 g/mol. The normalized spacial score (nSPS) is 10.8. The minimum absolute atomic E-state index is 0. The van der Waals surface area contributed by atoms with E-state index >= 15 is 0 Å². The average Bonchev–Trinajstić information content (AvgIpc) is 2.67. The molecule has 0 unspecified atom stereocenters. The fraction of sp³-hybridized carbons (Fsp3) is 0.333. The van der Waals surface area contributed by atoms with Crippen molar-refractivity contribution < 1.29 is 9.18 Å². The third kappa shape index (κ3) is 7.84. The molecule has 0 aliphatic heterocycles. The maximum absolute atomic E-state index is 13.0. The summed E-state index contributed by atoms with van der Waals surface area (Å²) in [5, 5.41) is 3.20. The van der Waals surface area contributed by atoms with E-state index in [0.717, 1.165) is 11.1 Å². The van der Waals surface area contributed by atoms with E-state index in [-0.39, 0.29) is 35.7 Å². The Balaban J connectivity index is 0.00000392. The number of aliphatic imine (C=N–C) groups is 1. The highest BCUT2D eigenvalue weighted by atomic mass is 127. The molecule has 5 nitrogen and oxygen atoms in total. The highest BCUT2D eigenvalue weighted by Crippen LogP contribution is 2.06. The number of benzene rings is 2. The van der Waals surface area contributed by atoms with Crippen molar-refractivity contribution in [3.05, 3.63) is 71.5 Å². The van der Waals surface area contributed by atoms with Crippen LogP contribution in [0.3, 0.4) is 0 Å². The van der Waals surface area contributed by atoms with Gasteiger partial charge in [0.1, 0.15) is 5.82 Å². The molecule has 0 heterocycles.